The molecule has 5 atom stereocenters. The summed E-state index contributed by atoms with van der Waals surface area (Å²) in [6, 6.07) is 0. The van der Waals surface area contributed by atoms with Gasteiger partial charge in [0.05, 0.1) is 26.4 Å². The fourth-order valence-electron chi connectivity index (χ4n) is 9.29. The summed E-state index contributed by atoms with van der Waals surface area (Å²) in [6.45, 7) is 11.5. The number of aliphatic hydroxyl groups is 1. The second-order valence-corrected chi connectivity index (χ2v) is 27.5. The molecule has 0 aromatic heterocycles. The van der Waals surface area contributed by atoms with Crippen molar-refractivity contribution in [2.75, 3.05) is 39.6 Å². The number of ether oxygens (including phenoxy) is 4. The van der Waals surface area contributed by atoms with Gasteiger partial charge in [-0.3, -0.25) is 37.3 Å². The number of hydrogen-bond acceptors (Lipinski definition) is 15. The van der Waals surface area contributed by atoms with Crippen LogP contribution >= 0.6 is 15.6 Å². The molecule has 0 saturated heterocycles. The molecule has 500 valence electrons. The normalized spacial score (nSPS) is 14.5. The molecule has 3 unspecified atom stereocenters. The van der Waals surface area contributed by atoms with E-state index in [2.05, 4.69) is 72.8 Å². The van der Waals surface area contributed by atoms with Gasteiger partial charge in [0.15, 0.2) is 12.2 Å². The Morgan fingerprint density at radius 2 is 0.635 bits per heavy atom. The molecular weight excluding hydrogens is 1130 g/mol. The van der Waals surface area contributed by atoms with Gasteiger partial charge in [0.1, 0.15) is 19.3 Å². The Balaban J connectivity index is 5.26. The van der Waals surface area contributed by atoms with Gasteiger partial charge in [-0.05, 0) is 69.1 Å². The van der Waals surface area contributed by atoms with Gasteiger partial charge in [-0.25, -0.2) is 9.13 Å². The molecule has 3 N–H and O–H groups in total. The van der Waals surface area contributed by atoms with Crippen molar-refractivity contribution in [3.05, 3.63) is 24.3 Å². The highest BCUT2D eigenvalue weighted by molar-refractivity contribution is 7.47. The molecule has 0 bridgehead atoms. The number of carbonyl (C=O) groups excluding carboxylic acids is 4. The predicted molar refractivity (Wildman–Crippen MR) is 340 cm³/mol. The van der Waals surface area contributed by atoms with Crippen LogP contribution in [0.3, 0.4) is 0 Å². The van der Waals surface area contributed by atoms with Crippen LogP contribution in [0.25, 0.3) is 0 Å². The van der Waals surface area contributed by atoms with Crippen molar-refractivity contribution >= 4 is 39.5 Å². The molecule has 0 amide bonds. The van der Waals surface area contributed by atoms with Crippen LogP contribution < -0.4 is 0 Å². The quantitative estimate of drug-likeness (QED) is 0.0169. The lowest BCUT2D eigenvalue weighted by Gasteiger charge is -2.21. The summed E-state index contributed by atoms with van der Waals surface area (Å²) in [6.07, 6.45) is 41.5. The highest BCUT2D eigenvalue weighted by atomic mass is 31.2. The number of phosphoric ester groups is 2. The van der Waals surface area contributed by atoms with E-state index in [1.807, 2.05) is 0 Å². The SMILES string of the molecule is CCCCCC/C=C\C=C/CCCCCCCC(=O)OC[C@H](COP(=O)(O)OCC(O)COP(=O)(O)OC[C@@H](COC(=O)CCCCCCCCCC(C)C)OC(=O)CCCCCCCCC(C)C)OC(=O)CCCCCCCCCCC(C)C. The molecule has 0 aliphatic rings. The van der Waals surface area contributed by atoms with Crippen molar-refractivity contribution in [1.82, 2.24) is 0 Å². The first-order chi connectivity index (χ1) is 40.7. The van der Waals surface area contributed by atoms with E-state index < -0.39 is 97.5 Å². The number of esters is 4. The van der Waals surface area contributed by atoms with E-state index in [9.17, 15) is 43.2 Å². The molecule has 0 aliphatic carbocycles. The van der Waals surface area contributed by atoms with Crippen molar-refractivity contribution in [3.63, 3.8) is 0 Å². The Morgan fingerprint density at radius 3 is 0.953 bits per heavy atom. The summed E-state index contributed by atoms with van der Waals surface area (Å²) in [5, 5.41) is 10.5. The molecule has 0 spiro atoms. The smallest absolute Gasteiger partial charge is 0.462 e. The first-order valence-electron chi connectivity index (χ1n) is 33.7. The van der Waals surface area contributed by atoms with Crippen LogP contribution in [0, 0.1) is 17.8 Å². The molecule has 0 fully saturated rings. The van der Waals surface area contributed by atoms with E-state index in [-0.39, 0.29) is 25.7 Å². The summed E-state index contributed by atoms with van der Waals surface area (Å²) in [5.41, 5.74) is 0. The molecular formula is C66H124O17P2. The molecule has 0 rings (SSSR count). The Morgan fingerprint density at radius 1 is 0.365 bits per heavy atom. The number of aliphatic hydroxyl groups excluding tert-OH is 1. The third-order valence-electron chi connectivity index (χ3n) is 14.5. The summed E-state index contributed by atoms with van der Waals surface area (Å²) >= 11 is 0. The number of phosphoric acid groups is 2. The maximum atomic E-state index is 13.0. The lowest BCUT2D eigenvalue weighted by Crippen LogP contribution is -2.30. The summed E-state index contributed by atoms with van der Waals surface area (Å²) in [5.74, 6) is -0.0839. The largest absolute Gasteiger partial charge is 0.472 e. The van der Waals surface area contributed by atoms with Gasteiger partial charge >= 0.3 is 39.5 Å². The average Bonchev–Trinajstić information content (AvgIpc) is 3.53. The minimum Gasteiger partial charge on any atom is -0.462 e. The lowest BCUT2D eigenvalue weighted by atomic mass is 10.0. The van der Waals surface area contributed by atoms with E-state index >= 15 is 0 Å². The maximum absolute atomic E-state index is 13.0. The van der Waals surface area contributed by atoms with Crippen molar-refractivity contribution in [2.24, 2.45) is 17.8 Å². The van der Waals surface area contributed by atoms with E-state index in [0.717, 1.165) is 116 Å². The van der Waals surface area contributed by atoms with Crippen LogP contribution in [0.5, 0.6) is 0 Å². The van der Waals surface area contributed by atoms with Crippen LogP contribution in [0.1, 0.15) is 299 Å². The molecule has 0 aromatic rings. The van der Waals surface area contributed by atoms with Crippen molar-refractivity contribution in [3.8, 4) is 0 Å². The average molecular weight is 1250 g/mol. The summed E-state index contributed by atoms with van der Waals surface area (Å²) in [4.78, 5) is 72.2. The molecule has 0 aromatic carbocycles. The monoisotopic (exact) mass is 1250 g/mol. The summed E-state index contributed by atoms with van der Waals surface area (Å²) < 4.78 is 68.0. The molecule has 85 heavy (non-hydrogen) atoms. The van der Waals surface area contributed by atoms with Gasteiger partial charge in [0.25, 0.3) is 0 Å². The highest BCUT2D eigenvalue weighted by Gasteiger charge is 2.30. The molecule has 0 saturated carbocycles. The lowest BCUT2D eigenvalue weighted by molar-refractivity contribution is -0.161. The first-order valence-corrected chi connectivity index (χ1v) is 36.7. The third-order valence-corrected chi connectivity index (χ3v) is 16.4. The number of rotatable bonds is 62. The van der Waals surface area contributed by atoms with Gasteiger partial charge in [0, 0.05) is 25.7 Å². The van der Waals surface area contributed by atoms with Crippen LogP contribution in [0.4, 0.5) is 0 Å². The molecule has 0 aliphatic heterocycles. The van der Waals surface area contributed by atoms with E-state index in [1.165, 1.54) is 83.5 Å². The Hall–Kier alpha value is -2.46. The second-order valence-electron chi connectivity index (χ2n) is 24.6. The fourth-order valence-corrected chi connectivity index (χ4v) is 10.9. The van der Waals surface area contributed by atoms with Gasteiger partial charge in [-0.15, -0.1) is 0 Å². The minimum absolute atomic E-state index is 0.0969. The Kier molecular flexibility index (Phi) is 55.1. The standard InChI is InChI=1S/C66H124O17P2/c1-8-9-10-11-12-13-14-15-16-17-18-19-25-33-40-47-63(68)76-53-61(82-65(70)49-42-35-26-21-20-23-30-37-44-57(2)3)55-80-84(72,73)78-51-60(67)52-79-85(74,75)81-56-62(83-66(71)50-43-36-29-28-32-39-46-59(6)7)54-77-64(69)48-41-34-27-22-24-31-38-45-58(4)5/h13-16,57-62,67H,8-12,17-56H2,1-7H3,(H,72,73)(H,74,75)/b14-13-,16-15-/t60?,61-,62-/m1/s1. The van der Waals surface area contributed by atoms with E-state index in [1.54, 1.807) is 0 Å². The maximum Gasteiger partial charge on any atom is 0.472 e. The number of unbranched alkanes of at least 4 members (excludes halogenated alkanes) is 27. The highest BCUT2D eigenvalue weighted by Crippen LogP contribution is 2.45. The van der Waals surface area contributed by atoms with E-state index in [4.69, 9.17) is 37.0 Å². The minimum atomic E-state index is -4.95. The molecule has 0 radical (unpaired) electrons. The van der Waals surface area contributed by atoms with Crippen LogP contribution in [0.15, 0.2) is 24.3 Å². The zero-order valence-electron chi connectivity index (χ0n) is 54.5. The second kappa shape index (κ2) is 56.8. The molecule has 0 heterocycles. The van der Waals surface area contributed by atoms with Gasteiger partial charge in [0.2, 0.25) is 0 Å². The zero-order chi connectivity index (χ0) is 63.1. The predicted octanol–water partition coefficient (Wildman–Crippen LogP) is 17.8. The van der Waals surface area contributed by atoms with Gasteiger partial charge in [-0.2, -0.15) is 0 Å². The first kappa shape index (κ1) is 82.5. The Labute approximate surface area is 516 Å². The Bertz CT molecular complexity index is 1770. The number of hydrogen-bond donors (Lipinski definition) is 3. The number of allylic oxidation sites excluding steroid dienone is 4. The third kappa shape index (κ3) is 60.2. The number of carbonyl (C=O) groups is 4. The van der Waals surface area contributed by atoms with Crippen LogP contribution in [-0.2, 0) is 65.4 Å². The topological polar surface area (TPSA) is 237 Å². The zero-order valence-corrected chi connectivity index (χ0v) is 56.3. The van der Waals surface area contributed by atoms with Crippen LogP contribution in [-0.4, -0.2) is 96.7 Å². The fraction of sp³-hybridized carbons (Fsp3) is 0.879. The van der Waals surface area contributed by atoms with Gasteiger partial charge in [-0.1, -0.05) is 246 Å². The van der Waals surface area contributed by atoms with E-state index in [0.29, 0.717) is 43.4 Å². The molecule has 17 nitrogen and oxygen atoms in total. The summed E-state index contributed by atoms with van der Waals surface area (Å²) in [7, 11) is -9.90. The van der Waals surface area contributed by atoms with Crippen molar-refractivity contribution in [1.29, 1.82) is 0 Å². The molecule has 19 heteroatoms. The van der Waals surface area contributed by atoms with Crippen molar-refractivity contribution in [2.45, 2.75) is 317 Å². The van der Waals surface area contributed by atoms with Crippen molar-refractivity contribution < 1.29 is 80.2 Å². The van der Waals surface area contributed by atoms with Crippen LogP contribution in [0.2, 0.25) is 0 Å². The van der Waals surface area contributed by atoms with Gasteiger partial charge < -0.3 is 33.8 Å².